The molecule has 0 aliphatic rings. The number of imidazole rings is 1. The summed E-state index contributed by atoms with van der Waals surface area (Å²) in [5.41, 5.74) is 25.3. The lowest BCUT2D eigenvalue weighted by Crippen LogP contribution is -2.37. The van der Waals surface area contributed by atoms with Crippen LogP contribution in [0.3, 0.4) is 0 Å². The number of rotatable bonds is 16. The predicted molar refractivity (Wildman–Crippen MR) is 143 cm³/mol. The van der Waals surface area contributed by atoms with Crippen LogP contribution in [-0.2, 0) is 35.2 Å². The second kappa shape index (κ2) is 24.8. The summed E-state index contributed by atoms with van der Waals surface area (Å²) in [5, 5.41) is 44.6. The van der Waals surface area contributed by atoms with Crippen molar-refractivity contribution in [1.82, 2.24) is 15.3 Å². The second-order valence-electron chi connectivity index (χ2n) is 8.13. The zero-order chi connectivity index (χ0) is 32.5. The van der Waals surface area contributed by atoms with Crippen molar-refractivity contribution < 1.29 is 54.3 Å². The molecule has 0 aliphatic heterocycles. The van der Waals surface area contributed by atoms with E-state index in [1.54, 1.807) is 6.20 Å². The molecule has 1 heterocycles. The van der Waals surface area contributed by atoms with Gasteiger partial charge in [0, 0.05) is 25.6 Å². The second-order valence-corrected chi connectivity index (χ2v) is 8.13. The zero-order valence-electron chi connectivity index (χ0n) is 22.6. The van der Waals surface area contributed by atoms with Crippen LogP contribution in [0.2, 0.25) is 0 Å². The minimum absolute atomic E-state index is 0.0213. The molecule has 1 rings (SSSR count). The highest BCUT2D eigenvalue weighted by Gasteiger charge is 2.15. The van der Waals surface area contributed by atoms with E-state index in [2.05, 4.69) is 21.0 Å². The molecule has 17 N–H and O–H groups in total. The highest BCUT2D eigenvalue weighted by Crippen LogP contribution is 1.95. The number of carboxylic acid groups (broad SMARTS) is 4. The topological polar surface area (TPSA) is 374 Å². The minimum Gasteiger partial charge on any atom is -0.480 e. The van der Waals surface area contributed by atoms with Crippen LogP contribution in [0.25, 0.3) is 0 Å². The summed E-state index contributed by atoms with van der Waals surface area (Å²) in [6.07, 6.45) is 4.36. The van der Waals surface area contributed by atoms with E-state index in [1.807, 2.05) is 6.92 Å². The zero-order valence-corrected chi connectivity index (χ0v) is 22.6. The van der Waals surface area contributed by atoms with Gasteiger partial charge in [0.2, 0.25) is 11.8 Å². The monoisotopic (exact) mass is 594 g/mol. The van der Waals surface area contributed by atoms with Crippen molar-refractivity contribution in [2.45, 2.75) is 69.6 Å². The largest absolute Gasteiger partial charge is 0.480 e. The summed E-state index contributed by atoms with van der Waals surface area (Å²) >= 11 is 0. The number of aromatic nitrogens is 2. The molecule has 0 fully saturated rings. The smallest absolute Gasteiger partial charge is 0.321 e. The number of aliphatic carboxylic acids is 4. The molecule has 0 radical (unpaired) electrons. The summed E-state index contributed by atoms with van der Waals surface area (Å²) in [6, 6.07) is -3.60. The summed E-state index contributed by atoms with van der Waals surface area (Å²) in [6.45, 7) is 2.55. The normalized spacial score (nSPS) is 12.7. The Bertz CT molecular complexity index is 915. The van der Waals surface area contributed by atoms with Gasteiger partial charge in [0.15, 0.2) is 0 Å². The van der Waals surface area contributed by atoms with Crippen LogP contribution in [0, 0.1) is 0 Å². The number of H-pyrrole nitrogens is 1. The summed E-state index contributed by atoms with van der Waals surface area (Å²) in [5.74, 6) is -5.46. The molecular formula is C22H42N8O11. The molecule has 0 aliphatic carbocycles. The van der Waals surface area contributed by atoms with Crippen LogP contribution < -0.4 is 34.0 Å². The highest BCUT2D eigenvalue weighted by molar-refractivity contribution is 5.83. The van der Waals surface area contributed by atoms with E-state index in [4.69, 9.17) is 48.5 Å². The first-order valence-corrected chi connectivity index (χ1v) is 12.1. The van der Waals surface area contributed by atoms with Gasteiger partial charge in [-0.1, -0.05) is 6.92 Å². The van der Waals surface area contributed by atoms with E-state index in [9.17, 15) is 28.8 Å². The molecule has 0 aromatic carbocycles. The minimum atomic E-state index is -1.21. The maximum atomic E-state index is 10.4. The Labute approximate surface area is 235 Å². The van der Waals surface area contributed by atoms with Crippen LogP contribution in [0.1, 0.15) is 44.7 Å². The first-order valence-electron chi connectivity index (χ1n) is 12.1. The van der Waals surface area contributed by atoms with Crippen molar-refractivity contribution in [3.8, 4) is 0 Å². The van der Waals surface area contributed by atoms with Gasteiger partial charge < -0.3 is 64.5 Å². The number of primary amides is 2. The highest BCUT2D eigenvalue weighted by atomic mass is 16.4. The lowest BCUT2D eigenvalue weighted by molar-refractivity contribution is -0.140. The SMILES string of the molecule is CCCNC(CCO)C(=O)O.NC(=O)CC(N)C(=O)O.NC(=O)CCC(N)C(=O)O.NC(Cc1c[nH]cn1)C(=O)O. The van der Waals surface area contributed by atoms with Crippen molar-refractivity contribution >= 4 is 35.7 Å². The van der Waals surface area contributed by atoms with E-state index in [-0.39, 0.29) is 38.7 Å². The Kier molecular flexibility index (Phi) is 25.0. The molecule has 0 spiro atoms. The van der Waals surface area contributed by atoms with E-state index < -0.39 is 59.9 Å². The van der Waals surface area contributed by atoms with E-state index in [1.165, 1.54) is 6.33 Å². The number of aliphatic hydroxyl groups is 1. The van der Waals surface area contributed by atoms with Crippen molar-refractivity contribution in [2.24, 2.45) is 28.7 Å². The van der Waals surface area contributed by atoms with E-state index in [0.717, 1.165) is 6.42 Å². The Balaban J connectivity index is -0.000000471. The number of nitrogens with two attached hydrogens (primary N) is 5. The Morgan fingerprint density at radius 3 is 1.71 bits per heavy atom. The van der Waals surface area contributed by atoms with Gasteiger partial charge in [0.05, 0.1) is 18.4 Å². The Hall–Kier alpha value is -4.17. The lowest BCUT2D eigenvalue weighted by atomic mass is 10.2. The number of nitrogens with one attached hydrogen (secondary N) is 2. The summed E-state index contributed by atoms with van der Waals surface area (Å²) in [7, 11) is 0. The van der Waals surface area contributed by atoms with Crippen molar-refractivity contribution in [3.63, 3.8) is 0 Å². The van der Waals surface area contributed by atoms with Gasteiger partial charge in [0.1, 0.15) is 24.2 Å². The number of hydrogen-bond donors (Lipinski definition) is 12. The molecule has 4 unspecified atom stereocenters. The Morgan fingerprint density at radius 1 is 0.854 bits per heavy atom. The summed E-state index contributed by atoms with van der Waals surface area (Å²) < 4.78 is 0. The number of aromatic amines is 1. The third kappa shape index (κ3) is 27.2. The average molecular weight is 595 g/mol. The first-order chi connectivity index (χ1) is 19.0. The van der Waals surface area contributed by atoms with Crippen LogP contribution in [0.4, 0.5) is 0 Å². The number of aliphatic hydroxyl groups excluding tert-OH is 1. The standard InChI is InChI=1S/C7H15NO3.C6H9N3O2.C5H10N2O3.C4H8N2O3/c1-2-4-8-6(3-5-9)7(10)11;7-5(6(10)11)1-4-2-8-3-9-4;6-3(5(9)10)1-2-4(7)8;5-2(4(8)9)1-3(6)7/h6,8-9H,2-5H2,1H3,(H,10,11);2-3,5H,1,7H2,(H,8,9)(H,10,11);3H,1-2,6H2,(H2,7,8)(H,9,10);2H,1,5H2,(H2,6,7)(H,8,9). The number of nitrogens with zero attached hydrogens (tertiary/aromatic N) is 1. The first kappa shape index (κ1) is 41.3. The molecule has 236 valence electrons. The van der Waals surface area contributed by atoms with Gasteiger partial charge in [0.25, 0.3) is 0 Å². The van der Waals surface area contributed by atoms with Gasteiger partial charge in [-0.25, -0.2) is 4.98 Å². The van der Waals surface area contributed by atoms with E-state index in [0.29, 0.717) is 12.2 Å². The molecule has 19 heteroatoms. The van der Waals surface area contributed by atoms with Crippen LogP contribution in [-0.4, -0.2) is 109 Å². The summed E-state index contributed by atoms with van der Waals surface area (Å²) in [4.78, 5) is 67.3. The van der Waals surface area contributed by atoms with Gasteiger partial charge in [-0.15, -0.1) is 0 Å². The predicted octanol–water partition coefficient (Wildman–Crippen LogP) is -3.88. The molecule has 4 atom stereocenters. The van der Waals surface area contributed by atoms with Crippen molar-refractivity contribution in [2.75, 3.05) is 13.2 Å². The lowest BCUT2D eigenvalue weighted by Gasteiger charge is -2.11. The number of hydrogen-bond acceptors (Lipinski definition) is 12. The van der Waals surface area contributed by atoms with E-state index >= 15 is 0 Å². The molecule has 0 bridgehead atoms. The molecule has 2 amide bonds. The maximum absolute atomic E-state index is 10.4. The van der Waals surface area contributed by atoms with Crippen LogP contribution in [0.5, 0.6) is 0 Å². The van der Waals surface area contributed by atoms with Gasteiger partial charge >= 0.3 is 23.9 Å². The van der Waals surface area contributed by atoms with Gasteiger partial charge in [-0.2, -0.15) is 0 Å². The molecule has 19 nitrogen and oxygen atoms in total. The molecular weight excluding hydrogens is 552 g/mol. The van der Waals surface area contributed by atoms with Crippen molar-refractivity contribution in [3.05, 3.63) is 18.2 Å². The Morgan fingerprint density at radius 2 is 1.39 bits per heavy atom. The van der Waals surface area contributed by atoms with Gasteiger partial charge in [-0.3, -0.25) is 28.8 Å². The number of carboxylic acids is 4. The maximum Gasteiger partial charge on any atom is 0.321 e. The van der Waals surface area contributed by atoms with Gasteiger partial charge in [-0.05, 0) is 25.8 Å². The molecule has 41 heavy (non-hydrogen) atoms. The fraction of sp³-hybridized carbons (Fsp3) is 0.591. The van der Waals surface area contributed by atoms with Crippen LogP contribution in [0.15, 0.2) is 12.5 Å². The fourth-order valence-corrected chi connectivity index (χ4v) is 2.20. The quantitative estimate of drug-likeness (QED) is 0.0870. The molecule has 0 saturated carbocycles. The molecule has 1 aromatic rings. The average Bonchev–Trinajstić information content (AvgIpc) is 3.38. The van der Waals surface area contributed by atoms with Crippen LogP contribution >= 0.6 is 0 Å². The van der Waals surface area contributed by atoms with Crippen molar-refractivity contribution in [1.29, 1.82) is 0 Å². The number of carbonyl (C=O) groups is 6. The fourth-order valence-electron chi connectivity index (χ4n) is 2.20. The third-order valence-electron chi connectivity index (χ3n) is 4.41. The molecule has 0 saturated heterocycles. The molecule has 1 aromatic heterocycles. The third-order valence-corrected chi connectivity index (χ3v) is 4.41. The number of carbonyl (C=O) groups excluding carboxylic acids is 2. The number of amides is 2.